The van der Waals surface area contributed by atoms with Gasteiger partial charge in [0.05, 0.1) is 23.0 Å². The first-order chi connectivity index (χ1) is 14.7. The molecule has 0 amide bonds. The molecule has 2 aliphatic heterocycles. The minimum Gasteiger partial charge on any atom is -0.492 e. The molecule has 1 N–H and O–H groups in total. The minimum absolute atomic E-state index is 0.302. The number of nitrogens with zero attached hydrogens (tertiary/aromatic N) is 3. The number of amidine groups is 1. The average molecular weight is 419 g/mol. The van der Waals surface area contributed by atoms with Gasteiger partial charge >= 0.3 is 0 Å². The summed E-state index contributed by atoms with van der Waals surface area (Å²) < 4.78 is 6.09. The van der Waals surface area contributed by atoms with Crippen LogP contribution in [0.2, 0.25) is 0 Å². The predicted molar refractivity (Wildman–Crippen MR) is 125 cm³/mol. The number of likely N-dealkylation sites (N-methyl/N-ethyl adjacent to an activating group) is 1. The number of aryl methyl sites for hydroxylation is 1. The number of benzene rings is 2. The van der Waals surface area contributed by atoms with E-state index in [0.717, 1.165) is 42.6 Å². The van der Waals surface area contributed by atoms with Crippen molar-refractivity contribution >= 4 is 33.5 Å². The van der Waals surface area contributed by atoms with Crippen LogP contribution in [0.15, 0.2) is 65.7 Å². The van der Waals surface area contributed by atoms with Crippen LogP contribution in [0.4, 0.5) is 16.4 Å². The van der Waals surface area contributed by atoms with Crippen LogP contribution in [0.3, 0.4) is 0 Å². The van der Waals surface area contributed by atoms with Gasteiger partial charge in [-0.05, 0) is 44.3 Å². The van der Waals surface area contributed by atoms with Crippen molar-refractivity contribution in [3.05, 3.63) is 71.1 Å². The van der Waals surface area contributed by atoms with Crippen molar-refractivity contribution in [1.29, 1.82) is 0 Å². The number of piperazine rings is 1. The Bertz CT molecular complexity index is 1060. The van der Waals surface area contributed by atoms with E-state index < -0.39 is 0 Å². The number of aliphatic imine (C=N–C) groups is 1. The number of hydrogen-bond acceptors (Lipinski definition) is 6. The maximum Gasteiger partial charge on any atom is 0.139 e. The fourth-order valence-corrected chi connectivity index (χ4v) is 4.94. The number of ether oxygens (including phenoxy) is 1. The molecule has 3 aromatic rings. The molecule has 1 saturated heterocycles. The molecule has 0 aliphatic carbocycles. The maximum absolute atomic E-state index is 6.09. The van der Waals surface area contributed by atoms with Gasteiger partial charge in [0.25, 0.3) is 0 Å². The quantitative estimate of drug-likeness (QED) is 0.658. The Kier molecular flexibility index (Phi) is 5.19. The van der Waals surface area contributed by atoms with E-state index in [0.29, 0.717) is 12.6 Å². The molecule has 0 spiro atoms. The molecule has 154 valence electrons. The average Bonchev–Trinajstić information content (AvgIpc) is 3.05. The molecule has 2 aromatic carbocycles. The molecule has 0 unspecified atom stereocenters. The topological polar surface area (TPSA) is 40.1 Å². The SMILES string of the molecule is Cc1cc2c(s1)Nc1ccccc1N=C2N1CCN(C)[C@H](COc2ccccc2)C1. The number of anilines is 2. The summed E-state index contributed by atoms with van der Waals surface area (Å²) in [6.07, 6.45) is 0. The van der Waals surface area contributed by atoms with E-state index >= 15 is 0 Å². The molecular formula is C24H26N4OS. The lowest BCUT2D eigenvalue weighted by Gasteiger charge is -2.40. The van der Waals surface area contributed by atoms with Crippen molar-refractivity contribution in [3.63, 3.8) is 0 Å². The Hall–Kier alpha value is -2.83. The van der Waals surface area contributed by atoms with Crippen molar-refractivity contribution < 1.29 is 4.74 Å². The summed E-state index contributed by atoms with van der Waals surface area (Å²) in [5, 5.41) is 4.78. The highest BCUT2D eigenvalue weighted by Gasteiger charge is 2.30. The van der Waals surface area contributed by atoms with Crippen LogP contribution in [-0.4, -0.2) is 55.0 Å². The predicted octanol–water partition coefficient (Wildman–Crippen LogP) is 4.89. The van der Waals surface area contributed by atoms with Crippen LogP contribution in [0.25, 0.3) is 0 Å². The molecule has 0 bridgehead atoms. The highest BCUT2D eigenvalue weighted by atomic mass is 32.1. The number of thiophene rings is 1. The monoisotopic (exact) mass is 418 g/mol. The second-order valence-electron chi connectivity index (χ2n) is 7.88. The molecule has 0 radical (unpaired) electrons. The van der Waals surface area contributed by atoms with Crippen LogP contribution >= 0.6 is 11.3 Å². The Morgan fingerprint density at radius 2 is 1.90 bits per heavy atom. The molecule has 3 heterocycles. The van der Waals surface area contributed by atoms with Gasteiger partial charge in [0.1, 0.15) is 23.2 Å². The van der Waals surface area contributed by atoms with Crippen LogP contribution in [0, 0.1) is 6.92 Å². The second kappa shape index (κ2) is 8.13. The summed E-state index contributed by atoms with van der Waals surface area (Å²) in [4.78, 5) is 11.2. The minimum atomic E-state index is 0.302. The van der Waals surface area contributed by atoms with Crippen LogP contribution in [-0.2, 0) is 0 Å². The van der Waals surface area contributed by atoms with Crippen molar-refractivity contribution in [2.75, 3.05) is 38.6 Å². The third-order valence-electron chi connectivity index (χ3n) is 5.74. The molecule has 5 rings (SSSR count). The fraction of sp³-hybridized carbons (Fsp3) is 0.292. The van der Waals surface area contributed by atoms with Gasteiger partial charge < -0.3 is 15.0 Å². The summed E-state index contributed by atoms with van der Waals surface area (Å²) in [6.45, 7) is 5.64. The fourth-order valence-electron chi connectivity index (χ4n) is 4.02. The van der Waals surface area contributed by atoms with Crippen LogP contribution in [0.1, 0.15) is 10.4 Å². The zero-order chi connectivity index (χ0) is 20.5. The lowest BCUT2D eigenvalue weighted by Crippen LogP contribution is -2.55. The molecule has 0 saturated carbocycles. The normalized spacial score (nSPS) is 18.7. The molecule has 2 aliphatic rings. The first-order valence-electron chi connectivity index (χ1n) is 10.4. The van der Waals surface area contributed by atoms with E-state index in [-0.39, 0.29) is 0 Å². The van der Waals surface area contributed by atoms with E-state index in [9.17, 15) is 0 Å². The van der Waals surface area contributed by atoms with Gasteiger partial charge in [-0.1, -0.05) is 30.3 Å². The molecule has 1 fully saturated rings. The highest BCUT2D eigenvalue weighted by molar-refractivity contribution is 7.16. The van der Waals surface area contributed by atoms with E-state index in [1.807, 2.05) is 36.4 Å². The van der Waals surface area contributed by atoms with Crippen molar-refractivity contribution in [2.45, 2.75) is 13.0 Å². The summed E-state index contributed by atoms with van der Waals surface area (Å²) >= 11 is 1.79. The number of nitrogens with one attached hydrogen (secondary N) is 1. The van der Waals surface area contributed by atoms with Gasteiger partial charge in [0.15, 0.2) is 0 Å². The van der Waals surface area contributed by atoms with E-state index in [1.54, 1.807) is 11.3 Å². The Morgan fingerprint density at radius 1 is 1.10 bits per heavy atom. The van der Waals surface area contributed by atoms with Crippen molar-refractivity contribution in [2.24, 2.45) is 4.99 Å². The molecule has 6 heteroatoms. The smallest absolute Gasteiger partial charge is 0.139 e. The molecule has 30 heavy (non-hydrogen) atoms. The largest absolute Gasteiger partial charge is 0.492 e. The number of fused-ring (bicyclic) bond motifs is 2. The van der Waals surface area contributed by atoms with E-state index in [1.165, 1.54) is 15.4 Å². The lowest BCUT2D eigenvalue weighted by molar-refractivity contribution is 0.0969. The molecule has 1 atom stereocenters. The van der Waals surface area contributed by atoms with Crippen molar-refractivity contribution in [3.8, 4) is 5.75 Å². The zero-order valence-corrected chi connectivity index (χ0v) is 18.2. The maximum atomic E-state index is 6.09. The van der Waals surface area contributed by atoms with E-state index in [2.05, 4.69) is 53.4 Å². The van der Waals surface area contributed by atoms with Gasteiger partial charge in [-0.2, -0.15) is 0 Å². The van der Waals surface area contributed by atoms with Crippen LogP contribution in [0.5, 0.6) is 5.75 Å². The molecular weight excluding hydrogens is 392 g/mol. The third kappa shape index (κ3) is 3.80. The van der Waals surface area contributed by atoms with Crippen molar-refractivity contribution in [1.82, 2.24) is 9.80 Å². The van der Waals surface area contributed by atoms with Gasteiger partial charge in [0.2, 0.25) is 0 Å². The zero-order valence-electron chi connectivity index (χ0n) is 17.3. The lowest BCUT2D eigenvalue weighted by atomic mass is 10.1. The summed E-state index contributed by atoms with van der Waals surface area (Å²) in [5.74, 6) is 1.98. The first-order valence-corrected chi connectivity index (χ1v) is 11.2. The highest BCUT2D eigenvalue weighted by Crippen LogP contribution is 2.39. The molecule has 1 aromatic heterocycles. The Labute approximate surface area is 181 Å². The third-order valence-corrected chi connectivity index (χ3v) is 6.70. The van der Waals surface area contributed by atoms with Gasteiger partial charge in [-0.25, -0.2) is 4.99 Å². The van der Waals surface area contributed by atoms with Gasteiger partial charge in [0, 0.05) is 24.5 Å². The van der Waals surface area contributed by atoms with Crippen LogP contribution < -0.4 is 10.1 Å². The van der Waals surface area contributed by atoms with E-state index in [4.69, 9.17) is 9.73 Å². The number of para-hydroxylation sites is 3. The van der Waals surface area contributed by atoms with Gasteiger partial charge in [-0.3, -0.25) is 4.90 Å². The summed E-state index contributed by atoms with van der Waals surface area (Å²) in [7, 11) is 2.18. The summed E-state index contributed by atoms with van der Waals surface area (Å²) in [5.41, 5.74) is 3.25. The van der Waals surface area contributed by atoms with Gasteiger partial charge in [-0.15, -0.1) is 11.3 Å². The second-order valence-corrected chi connectivity index (χ2v) is 9.14. The summed E-state index contributed by atoms with van der Waals surface area (Å²) in [6, 6.07) is 20.9. The Balaban J connectivity index is 1.42. The standard InChI is InChI=1S/C24H26N4OS/c1-17-14-20-23(25-21-10-6-7-11-22(21)26-24(20)30-17)28-13-12-27(2)18(15-28)16-29-19-8-4-3-5-9-19/h3-11,14,18,26H,12-13,15-16H2,1-2H3/t18-/m0/s1. The number of hydrogen-bond donors (Lipinski definition) is 1. The first kappa shape index (κ1) is 19.2. The Morgan fingerprint density at radius 3 is 2.77 bits per heavy atom. The molecule has 5 nitrogen and oxygen atoms in total. The number of rotatable bonds is 3.